The van der Waals surface area contributed by atoms with E-state index in [4.69, 9.17) is 9.84 Å². The van der Waals surface area contributed by atoms with E-state index in [1.54, 1.807) is 12.3 Å². The summed E-state index contributed by atoms with van der Waals surface area (Å²) in [6.07, 6.45) is 2.23. The van der Waals surface area contributed by atoms with Crippen molar-refractivity contribution in [2.45, 2.75) is 6.42 Å². The molecule has 1 N–H and O–H groups in total. The second-order valence-electron chi connectivity index (χ2n) is 6.06. The Bertz CT molecular complexity index is 1160. The van der Waals surface area contributed by atoms with E-state index >= 15 is 0 Å². The zero-order valence-corrected chi connectivity index (χ0v) is 15.0. The van der Waals surface area contributed by atoms with Gasteiger partial charge >= 0.3 is 0 Å². The fraction of sp³-hybridized carbons (Fsp3) is 0.0870. The molecule has 0 atom stereocenters. The average molecular weight is 367 g/mol. The zero-order chi connectivity index (χ0) is 19.2. The van der Waals surface area contributed by atoms with Gasteiger partial charge in [0.05, 0.1) is 0 Å². The summed E-state index contributed by atoms with van der Waals surface area (Å²) in [7, 11) is 0. The number of benzene rings is 2. The van der Waals surface area contributed by atoms with Crippen molar-refractivity contribution in [3.63, 3.8) is 0 Å². The van der Waals surface area contributed by atoms with Crippen LogP contribution in [0.25, 0.3) is 11.2 Å². The number of nitrogens with zero attached hydrogens (tertiary/aromatic N) is 3. The van der Waals surface area contributed by atoms with Crippen LogP contribution in [-0.4, -0.2) is 26.7 Å². The Hall–Kier alpha value is -3.75. The molecule has 4 rings (SSSR count). The summed E-state index contributed by atoms with van der Waals surface area (Å²) < 4.78 is 6.01. The number of aliphatic hydroxyl groups is 1. The van der Waals surface area contributed by atoms with Crippen molar-refractivity contribution in [3.8, 4) is 23.5 Å². The topological polar surface area (TPSA) is 68.1 Å². The van der Waals surface area contributed by atoms with E-state index in [9.17, 15) is 0 Å². The number of hydrogen-bond acceptors (Lipinski definition) is 5. The molecule has 136 valence electrons. The minimum absolute atomic E-state index is 0.0820. The minimum Gasteiger partial charge on any atom is -0.437 e. The van der Waals surface area contributed by atoms with E-state index in [1.807, 2.05) is 60.7 Å². The van der Waals surface area contributed by atoms with Crippen molar-refractivity contribution < 1.29 is 9.84 Å². The average Bonchev–Trinajstić information content (AvgIpc) is 2.73. The minimum atomic E-state index is 0.0820. The van der Waals surface area contributed by atoms with Crippen LogP contribution in [0.4, 0.5) is 0 Å². The third-order valence-corrected chi connectivity index (χ3v) is 4.02. The molecule has 0 unspecified atom stereocenters. The van der Waals surface area contributed by atoms with Crippen LogP contribution in [0.2, 0.25) is 0 Å². The maximum absolute atomic E-state index is 9.15. The van der Waals surface area contributed by atoms with Crippen molar-refractivity contribution in [3.05, 3.63) is 89.7 Å². The largest absolute Gasteiger partial charge is 0.437 e. The molecule has 28 heavy (non-hydrogen) atoms. The van der Waals surface area contributed by atoms with Crippen LogP contribution < -0.4 is 4.74 Å². The summed E-state index contributed by atoms with van der Waals surface area (Å²) in [5, 5.41) is 9.15. The zero-order valence-electron chi connectivity index (χ0n) is 15.0. The van der Waals surface area contributed by atoms with Gasteiger partial charge in [-0.25, -0.2) is 15.0 Å². The van der Waals surface area contributed by atoms with Crippen LogP contribution in [0, 0.1) is 11.8 Å². The van der Waals surface area contributed by atoms with E-state index in [-0.39, 0.29) is 6.61 Å². The third kappa shape index (κ3) is 4.14. The lowest BCUT2D eigenvalue weighted by atomic mass is 10.1. The molecule has 2 heterocycles. The maximum atomic E-state index is 9.15. The molecule has 0 amide bonds. The number of pyridine rings is 1. The van der Waals surface area contributed by atoms with Crippen LogP contribution in [0.3, 0.4) is 0 Å². The first-order valence-electron chi connectivity index (χ1n) is 8.89. The van der Waals surface area contributed by atoms with Crippen molar-refractivity contribution >= 4 is 11.2 Å². The highest BCUT2D eigenvalue weighted by atomic mass is 16.5. The first-order chi connectivity index (χ1) is 13.8. The summed E-state index contributed by atoms with van der Waals surface area (Å²) in [6, 6.07) is 20.8. The van der Waals surface area contributed by atoms with Gasteiger partial charge in [-0.05, 0) is 54.3 Å². The molecular weight excluding hydrogens is 350 g/mol. The number of fused-ring (bicyclic) bond motifs is 1. The predicted molar refractivity (Wildman–Crippen MR) is 107 cm³/mol. The highest BCUT2D eigenvalue weighted by molar-refractivity contribution is 5.71. The third-order valence-electron chi connectivity index (χ3n) is 4.02. The Balaban J connectivity index is 1.75. The summed E-state index contributed by atoms with van der Waals surface area (Å²) in [6.45, 7) is 0.0820. The summed E-state index contributed by atoms with van der Waals surface area (Å²) in [5.74, 6) is 7.08. The van der Waals surface area contributed by atoms with E-state index in [0.29, 0.717) is 34.9 Å². The maximum Gasteiger partial charge on any atom is 0.255 e. The molecule has 0 spiro atoms. The monoisotopic (exact) mass is 367 g/mol. The second kappa shape index (κ2) is 8.30. The van der Waals surface area contributed by atoms with Gasteiger partial charge < -0.3 is 9.84 Å². The molecule has 2 aromatic heterocycles. The molecule has 5 heteroatoms. The molecule has 0 bridgehead atoms. The van der Waals surface area contributed by atoms with Gasteiger partial charge in [0, 0.05) is 18.4 Å². The van der Waals surface area contributed by atoms with Crippen LogP contribution in [0.5, 0.6) is 11.6 Å². The highest BCUT2D eigenvalue weighted by Crippen LogP contribution is 2.25. The van der Waals surface area contributed by atoms with Gasteiger partial charge in [-0.15, -0.1) is 0 Å². The number of aliphatic hydroxyl groups excluding tert-OH is 1. The van der Waals surface area contributed by atoms with Gasteiger partial charge in [-0.3, -0.25) is 0 Å². The van der Waals surface area contributed by atoms with Gasteiger partial charge in [-0.2, -0.15) is 0 Å². The molecule has 0 fully saturated rings. The Kier molecular flexibility index (Phi) is 5.23. The van der Waals surface area contributed by atoms with Gasteiger partial charge in [0.15, 0.2) is 11.3 Å². The van der Waals surface area contributed by atoms with E-state index in [1.165, 1.54) is 0 Å². The quantitative estimate of drug-likeness (QED) is 0.557. The normalized spacial score (nSPS) is 10.3. The Labute approximate surface area is 162 Å². The molecular formula is C23H17N3O2. The SMILES string of the molecule is OCCc1cccc(Oc2nc3cccnc3nc2C#Cc2ccccc2)c1. The van der Waals surface area contributed by atoms with Crippen molar-refractivity contribution in [2.75, 3.05) is 6.61 Å². The van der Waals surface area contributed by atoms with Crippen molar-refractivity contribution in [2.24, 2.45) is 0 Å². The van der Waals surface area contributed by atoms with Gasteiger partial charge in [0.1, 0.15) is 11.3 Å². The van der Waals surface area contributed by atoms with E-state index in [0.717, 1.165) is 11.1 Å². The number of rotatable bonds is 4. The molecule has 0 aliphatic rings. The predicted octanol–water partition coefficient (Wildman–Crippen LogP) is 3.75. The molecule has 0 radical (unpaired) electrons. The second-order valence-corrected chi connectivity index (χ2v) is 6.06. The fourth-order valence-corrected chi connectivity index (χ4v) is 2.69. The Morgan fingerprint density at radius 2 is 1.79 bits per heavy atom. The Morgan fingerprint density at radius 3 is 2.64 bits per heavy atom. The molecule has 0 saturated carbocycles. The summed E-state index contributed by atoms with van der Waals surface area (Å²) >= 11 is 0. The van der Waals surface area contributed by atoms with Crippen LogP contribution in [0.15, 0.2) is 72.9 Å². The number of ether oxygens (including phenoxy) is 1. The molecule has 5 nitrogen and oxygen atoms in total. The van der Waals surface area contributed by atoms with Crippen molar-refractivity contribution in [1.29, 1.82) is 0 Å². The van der Waals surface area contributed by atoms with Gasteiger partial charge in [-0.1, -0.05) is 36.3 Å². The molecule has 2 aromatic carbocycles. The molecule has 0 aliphatic carbocycles. The van der Waals surface area contributed by atoms with Crippen LogP contribution in [0.1, 0.15) is 16.8 Å². The summed E-state index contributed by atoms with van der Waals surface area (Å²) in [5.41, 5.74) is 3.42. The van der Waals surface area contributed by atoms with Crippen LogP contribution >= 0.6 is 0 Å². The number of aromatic nitrogens is 3. The lowest BCUT2D eigenvalue weighted by Crippen LogP contribution is -1.98. The standard InChI is InChI=1S/C23H17N3O2/c27-15-13-18-8-4-9-19(16-18)28-23-21(12-11-17-6-2-1-3-7-17)25-22-20(26-23)10-5-14-24-22/h1-10,14,16,27H,13,15H2. The van der Waals surface area contributed by atoms with E-state index in [2.05, 4.69) is 26.8 Å². The first-order valence-corrected chi connectivity index (χ1v) is 8.89. The smallest absolute Gasteiger partial charge is 0.255 e. The summed E-state index contributed by atoms with van der Waals surface area (Å²) in [4.78, 5) is 13.4. The fourth-order valence-electron chi connectivity index (χ4n) is 2.69. The molecule has 4 aromatic rings. The lowest BCUT2D eigenvalue weighted by molar-refractivity contribution is 0.299. The number of hydrogen-bond donors (Lipinski definition) is 1. The highest BCUT2D eigenvalue weighted by Gasteiger charge is 2.11. The first kappa shape index (κ1) is 17.7. The van der Waals surface area contributed by atoms with E-state index < -0.39 is 0 Å². The van der Waals surface area contributed by atoms with Gasteiger partial charge in [0.2, 0.25) is 0 Å². The Morgan fingerprint density at radius 1 is 0.893 bits per heavy atom. The van der Waals surface area contributed by atoms with Crippen molar-refractivity contribution in [1.82, 2.24) is 15.0 Å². The lowest BCUT2D eigenvalue weighted by Gasteiger charge is -2.08. The van der Waals surface area contributed by atoms with Gasteiger partial charge in [0.25, 0.3) is 5.88 Å². The molecule has 0 aliphatic heterocycles. The van der Waals surface area contributed by atoms with Crippen LogP contribution in [-0.2, 0) is 6.42 Å². The molecule has 0 saturated heterocycles.